The molecule has 0 bridgehead atoms. The van der Waals surface area contributed by atoms with E-state index >= 15 is 0 Å². The molecule has 1 amide bonds. The summed E-state index contributed by atoms with van der Waals surface area (Å²) in [6, 6.07) is -0.200. The predicted octanol–water partition coefficient (Wildman–Crippen LogP) is 2.03. The maximum atomic E-state index is 11.3. The molecule has 2 N–H and O–H groups in total. The summed E-state index contributed by atoms with van der Waals surface area (Å²) in [5, 5.41) is 10.9. The Bertz CT molecular complexity index is 444. The number of hydrogen-bond donors (Lipinski definition) is 2. The Morgan fingerprint density at radius 2 is 2.00 bits per heavy atom. The number of nitrogens with one attached hydrogen (secondary N) is 1. The van der Waals surface area contributed by atoms with Gasteiger partial charge in [-0.25, -0.2) is 14.9 Å². The zero-order chi connectivity index (χ0) is 13.2. The second kappa shape index (κ2) is 4.44. The summed E-state index contributed by atoms with van der Waals surface area (Å²) < 4.78 is 9.91. The molecule has 0 fully saturated rings. The van der Waals surface area contributed by atoms with E-state index in [-0.39, 0.29) is 17.5 Å². The van der Waals surface area contributed by atoms with Gasteiger partial charge in [0.15, 0.2) is 5.69 Å². The maximum absolute atomic E-state index is 11.3. The number of carboxylic acid groups (broad SMARTS) is 1. The van der Waals surface area contributed by atoms with Crippen molar-refractivity contribution in [3.8, 4) is 0 Å². The predicted molar refractivity (Wildman–Crippen MR) is 58.1 cm³/mol. The summed E-state index contributed by atoms with van der Waals surface area (Å²) in [4.78, 5) is 25.6. The largest absolute Gasteiger partial charge is 0.476 e. The number of nitrogens with zero attached hydrogens (tertiary/aromatic N) is 1. The molecular weight excluding hydrogens is 228 g/mol. The van der Waals surface area contributed by atoms with E-state index < -0.39 is 17.7 Å². The SMILES string of the molecule is Cc1oc(NC(=O)OC(C)(C)C)nc1C(=O)O. The molecule has 1 rings (SSSR count). The molecule has 17 heavy (non-hydrogen) atoms. The van der Waals surface area contributed by atoms with Crippen LogP contribution < -0.4 is 5.32 Å². The van der Waals surface area contributed by atoms with E-state index in [9.17, 15) is 9.59 Å². The third-order valence-corrected chi connectivity index (χ3v) is 1.61. The average molecular weight is 242 g/mol. The molecular formula is C10H14N2O5. The van der Waals surface area contributed by atoms with E-state index in [0.717, 1.165) is 0 Å². The molecule has 1 aromatic heterocycles. The van der Waals surface area contributed by atoms with E-state index in [2.05, 4.69) is 10.3 Å². The number of carboxylic acids is 1. The van der Waals surface area contributed by atoms with Crippen molar-refractivity contribution in [2.75, 3.05) is 5.32 Å². The molecule has 0 aliphatic heterocycles. The van der Waals surface area contributed by atoms with Crippen molar-refractivity contribution < 1.29 is 23.8 Å². The highest BCUT2D eigenvalue weighted by atomic mass is 16.6. The Hall–Kier alpha value is -2.05. The molecule has 0 radical (unpaired) electrons. The van der Waals surface area contributed by atoms with Crippen molar-refractivity contribution in [1.82, 2.24) is 4.98 Å². The van der Waals surface area contributed by atoms with Gasteiger partial charge >= 0.3 is 18.1 Å². The fourth-order valence-corrected chi connectivity index (χ4v) is 1.04. The summed E-state index contributed by atoms with van der Waals surface area (Å²) in [5.41, 5.74) is -0.891. The Morgan fingerprint density at radius 1 is 1.41 bits per heavy atom. The number of oxazole rings is 1. The van der Waals surface area contributed by atoms with E-state index in [1.165, 1.54) is 6.92 Å². The fraction of sp³-hybridized carbons (Fsp3) is 0.500. The van der Waals surface area contributed by atoms with Gasteiger partial charge in [-0.2, -0.15) is 4.98 Å². The molecule has 0 spiro atoms. The highest BCUT2D eigenvalue weighted by molar-refractivity contribution is 5.88. The summed E-state index contributed by atoms with van der Waals surface area (Å²) in [5.74, 6) is -1.10. The Balaban J connectivity index is 2.73. The third-order valence-electron chi connectivity index (χ3n) is 1.61. The van der Waals surface area contributed by atoms with Crippen LogP contribution in [0, 0.1) is 6.92 Å². The number of carbonyl (C=O) groups excluding carboxylic acids is 1. The lowest BCUT2D eigenvalue weighted by atomic mass is 10.2. The second-order valence-corrected chi connectivity index (χ2v) is 4.36. The number of amides is 1. The van der Waals surface area contributed by atoms with Gasteiger partial charge in [-0.15, -0.1) is 0 Å². The minimum atomic E-state index is -1.22. The number of rotatable bonds is 2. The van der Waals surface area contributed by atoms with Gasteiger partial charge in [0.25, 0.3) is 0 Å². The number of anilines is 1. The van der Waals surface area contributed by atoms with Crippen LogP contribution in [0.4, 0.5) is 10.8 Å². The van der Waals surface area contributed by atoms with E-state index in [4.69, 9.17) is 14.3 Å². The molecule has 7 nitrogen and oxygen atoms in total. The zero-order valence-electron chi connectivity index (χ0n) is 10.0. The monoisotopic (exact) mass is 242 g/mol. The zero-order valence-corrected chi connectivity index (χ0v) is 10.0. The van der Waals surface area contributed by atoms with Crippen molar-refractivity contribution >= 4 is 18.1 Å². The number of ether oxygens (including phenoxy) is 1. The van der Waals surface area contributed by atoms with Gasteiger partial charge in [0.2, 0.25) is 0 Å². The minimum Gasteiger partial charge on any atom is -0.476 e. The number of aryl methyl sites for hydroxylation is 1. The van der Waals surface area contributed by atoms with Crippen molar-refractivity contribution in [3.05, 3.63) is 11.5 Å². The quantitative estimate of drug-likeness (QED) is 0.822. The lowest BCUT2D eigenvalue weighted by Gasteiger charge is -2.18. The third kappa shape index (κ3) is 3.78. The maximum Gasteiger partial charge on any atom is 0.415 e. The van der Waals surface area contributed by atoms with E-state index in [0.29, 0.717) is 0 Å². The van der Waals surface area contributed by atoms with Crippen LogP contribution in [0.25, 0.3) is 0 Å². The first-order chi connectivity index (χ1) is 7.69. The van der Waals surface area contributed by atoms with Crippen LogP contribution >= 0.6 is 0 Å². The molecule has 0 saturated heterocycles. The van der Waals surface area contributed by atoms with Crippen LogP contribution in [-0.2, 0) is 4.74 Å². The standard InChI is InChI=1S/C10H14N2O5/c1-5-6(7(13)14)11-8(16-5)12-9(15)17-10(2,3)4/h1-4H3,(H,13,14)(H,11,12,15). The van der Waals surface area contributed by atoms with Crippen molar-refractivity contribution in [2.24, 2.45) is 0 Å². The summed E-state index contributed by atoms with van der Waals surface area (Å²) in [7, 11) is 0. The topological polar surface area (TPSA) is 102 Å². The van der Waals surface area contributed by atoms with Crippen LogP contribution in [0.5, 0.6) is 0 Å². The van der Waals surface area contributed by atoms with Crippen LogP contribution in [-0.4, -0.2) is 27.8 Å². The van der Waals surface area contributed by atoms with Crippen LogP contribution in [0.15, 0.2) is 4.42 Å². The minimum absolute atomic E-state index is 0.114. The van der Waals surface area contributed by atoms with Crippen molar-refractivity contribution in [2.45, 2.75) is 33.3 Å². The molecule has 1 heterocycles. The van der Waals surface area contributed by atoms with Crippen molar-refractivity contribution in [1.29, 1.82) is 0 Å². The molecule has 7 heteroatoms. The smallest absolute Gasteiger partial charge is 0.415 e. The first-order valence-corrected chi connectivity index (χ1v) is 4.90. The lowest BCUT2D eigenvalue weighted by Crippen LogP contribution is -2.27. The summed E-state index contributed by atoms with van der Waals surface area (Å²) >= 11 is 0. The van der Waals surface area contributed by atoms with Gasteiger partial charge in [0, 0.05) is 0 Å². The molecule has 0 saturated carbocycles. The van der Waals surface area contributed by atoms with E-state index in [1.54, 1.807) is 20.8 Å². The highest BCUT2D eigenvalue weighted by Crippen LogP contribution is 2.15. The molecule has 0 aliphatic rings. The number of hydrogen-bond acceptors (Lipinski definition) is 5. The van der Waals surface area contributed by atoms with Gasteiger partial charge in [0.1, 0.15) is 11.4 Å². The molecule has 94 valence electrons. The summed E-state index contributed by atoms with van der Waals surface area (Å²) in [6.07, 6.45) is -0.754. The van der Waals surface area contributed by atoms with E-state index in [1.807, 2.05) is 0 Å². The Kier molecular flexibility index (Phi) is 3.40. The normalized spacial score (nSPS) is 11.1. The Morgan fingerprint density at radius 3 is 2.41 bits per heavy atom. The van der Waals surface area contributed by atoms with Crippen molar-refractivity contribution in [3.63, 3.8) is 0 Å². The second-order valence-electron chi connectivity index (χ2n) is 4.36. The first-order valence-electron chi connectivity index (χ1n) is 4.90. The van der Waals surface area contributed by atoms with Gasteiger partial charge in [-0.05, 0) is 27.7 Å². The van der Waals surface area contributed by atoms with Crippen LogP contribution in [0.1, 0.15) is 37.0 Å². The highest BCUT2D eigenvalue weighted by Gasteiger charge is 2.20. The molecule has 0 atom stereocenters. The van der Waals surface area contributed by atoms with Gasteiger partial charge in [-0.3, -0.25) is 0 Å². The molecule has 0 unspecified atom stereocenters. The van der Waals surface area contributed by atoms with Gasteiger partial charge in [-0.1, -0.05) is 0 Å². The van der Waals surface area contributed by atoms with Crippen LogP contribution in [0.2, 0.25) is 0 Å². The average Bonchev–Trinajstić information content (AvgIpc) is 2.42. The number of carbonyl (C=O) groups is 2. The molecule has 0 aromatic carbocycles. The summed E-state index contributed by atoms with van der Waals surface area (Å²) in [6.45, 7) is 6.55. The fourth-order valence-electron chi connectivity index (χ4n) is 1.04. The number of aromatic carboxylic acids is 1. The lowest BCUT2D eigenvalue weighted by molar-refractivity contribution is 0.0629. The number of aromatic nitrogens is 1. The van der Waals surface area contributed by atoms with Gasteiger partial charge in [0.05, 0.1) is 0 Å². The molecule has 1 aromatic rings. The van der Waals surface area contributed by atoms with Gasteiger partial charge < -0.3 is 14.3 Å². The molecule has 0 aliphatic carbocycles. The Labute approximate surface area is 97.8 Å². The first kappa shape index (κ1) is 13.0. The van der Waals surface area contributed by atoms with Crippen LogP contribution in [0.3, 0.4) is 0 Å².